The number of nitrogens with one attached hydrogen (secondary N) is 1. The van der Waals surface area contributed by atoms with Crippen molar-refractivity contribution in [1.29, 1.82) is 0 Å². The fourth-order valence-corrected chi connectivity index (χ4v) is 4.78. The summed E-state index contributed by atoms with van der Waals surface area (Å²) in [7, 11) is -1.04. The van der Waals surface area contributed by atoms with Gasteiger partial charge in [0.15, 0.2) is 11.5 Å². The highest BCUT2D eigenvalue weighted by atomic mass is 35.5. The van der Waals surface area contributed by atoms with Gasteiger partial charge in [-0.05, 0) is 48.9 Å². The number of methoxy groups -OCH3 is 2. The summed E-state index contributed by atoms with van der Waals surface area (Å²) in [6.07, 6.45) is 0. The highest BCUT2D eigenvalue weighted by molar-refractivity contribution is 7.92. The molecule has 7 nitrogen and oxygen atoms in total. The van der Waals surface area contributed by atoms with E-state index in [1.54, 1.807) is 55.5 Å². The Morgan fingerprint density at radius 2 is 1.66 bits per heavy atom. The lowest BCUT2D eigenvalue weighted by Crippen LogP contribution is -2.38. The lowest BCUT2D eigenvalue weighted by Gasteiger charge is -2.26. The monoisotopic (exact) mass is 474 g/mol. The van der Waals surface area contributed by atoms with E-state index in [1.807, 2.05) is 0 Å². The van der Waals surface area contributed by atoms with Gasteiger partial charge >= 0.3 is 0 Å². The summed E-state index contributed by atoms with van der Waals surface area (Å²) in [5, 5.41) is 3.07. The van der Waals surface area contributed by atoms with Crippen LogP contribution in [0.2, 0.25) is 5.02 Å². The Morgan fingerprint density at radius 3 is 2.31 bits per heavy atom. The second-order valence-corrected chi connectivity index (χ2v) is 9.17. The number of aryl methyl sites for hydroxylation is 1. The molecule has 0 aliphatic heterocycles. The van der Waals surface area contributed by atoms with E-state index < -0.39 is 22.5 Å². The first-order valence-corrected chi connectivity index (χ1v) is 11.4. The van der Waals surface area contributed by atoms with Crippen LogP contribution in [0.5, 0.6) is 11.5 Å². The number of carbonyl (C=O) groups excluding carboxylic acids is 1. The normalized spacial score (nSPS) is 11.0. The summed E-state index contributed by atoms with van der Waals surface area (Å²) in [6, 6.07) is 17.7. The molecule has 0 unspecified atom stereocenters. The summed E-state index contributed by atoms with van der Waals surface area (Å²) < 4.78 is 38.4. The van der Waals surface area contributed by atoms with E-state index in [-0.39, 0.29) is 4.90 Å². The molecule has 3 aromatic carbocycles. The lowest BCUT2D eigenvalue weighted by molar-refractivity contribution is -0.114. The van der Waals surface area contributed by atoms with E-state index >= 15 is 0 Å². The van der Waals surface area contributed by atoms with Crippen molar-refractivity contribution >= 4 is 38.9 Å². The molecule has 0 spiro atoms. The van der Waals surface area contributed by atoms with Gasteiger partial charge in [-0.2, -0.15) is 0 Å². The maximum absolute atomic E-state index is 13.4. The third-order valence-electron chi connectivity index (χ3n) is 4.73. The number of sulfonamides is 1. The molecular formula is C23H23ClN2O5S. The van der Waals surface area contributed by atoms with E-state index in [1.165, 1.54) is 32.4 Å². The molecule has 0 aromatic heterocycles. The van der Waals surface area contributed by atoms with Crippen molar-refractivity contribution in [1.82, 2.24) is 0 Å². The van der Waals surface area contributed by atoms with Crippen LogP contribution in [-0.2, 0) is 14.8 Å². The van der Waals surface area contributed by atoms with E-state index in [4.69, 9.17) is 21.1 Å². The van der Waals surface area contributed by atoms with Crippen LogP contribution in [0, 0.1) is 6.92 Å². The molecule has 1 amide bonds. The average molecular weight is 475 g/mol. The van der Waals surface area contributed by atoms with Gasteiger partial charge in [0.05, 0.1) is 24.8 Å². The van der Waals surface area contributed by atoms with Crippen molar-refractivity contribution in [2.75, 3.05) is 30.4 Å². The average Bonchev–Trinajstić information content (AvgIpc) is 2.79. The molecule has 0 atom stereocenters. The van der Waals surface area contributed by atoms with Gasteiger partial charge in [-0.25, -0.2) is 8.42 Å². The molecule has 3 aromatic rings. The van der Waals surface area contributed by atoms with Crippen LogP contribution in [0.1, 0.15) is 5.56 Å². The van der Waals surface area contributed by atoms with Crippen molar-refractivity contribution in [3.05, 3.63) is 77.3 Å². The first-order valence-electron chi connectivity index (χ1n) is 9.62. The van der Waals surface area contributed by atoms with Crippen LogP contribution in [0.3, 0.4) is 0 Å². The number of carbonyl (C=O) groups is 1. The van der Waals surface area contributed by atoms with Gasteiger partial charge in [0.25, 0.3) is 10.0 Å². The molecule has 0 fully saturated rings. The highest BCUT2D eigenvalue weighted by Gasteiger charge is 2.28. The molecule has 3 rings (SSSR count). The highest BCUT2D eigenvalue weighted by Crippen LogP contribution is 2.31. The van der Waals surface area contributed by atoms with E-state index in [0.29, 0.717) is 33.5 Å². The third kappa shape index (κ3) is 5.15. The number of nitrogens with zero attached hydrogens (tertiary/aromatic N) is 1. The number of benzene rings is 3. The smallest absolute Gasteiger partial charge is 0.264 e. The second kappa shape index (κ2) is 9.93. The second-order valence-electron chi connectivity index (χ2n) is 6.87. The molecule has 0 bridgehead atoms. The lowest BCUT2D eigenvalue weighted by atomic mass is 10.2. The fraction of sp³-hybridized carbons (Fsp3) is 0.174. The van der Waals surface area contributed by atoms with Gasteiger partial charge in [0.2, 0.25) is 5.91 Å². The minimum Gasteiger partial charge on any atom is -0.493 e. The number of anilines is 2. The minimum absolute atomic E-state index is 0.0679. The Labute approximate surface area is 192 Å². The molecule has 0 aliphatic carbocycles. The maximum Gasteiger partial charge on any atom is 0.264 e. The van der Waals surface area contributed by atoms with Crippen LogP contribution < -0.4 is 19.1 Å². The minimum atomic E-state index is -4.04. The Balaban J connectivity index is 1.96. The number of hydrogen-bond acceptors (Lipinski definition) is 5. The van der Waals surface area contributed by atoms with Gasteiger partial charge in [-0.1, -0.05) is 35.9 Å². The zero-order valence-corrected chi connectivity index (χ0v) is 19.4. The number of ether oxygens (including phenoxy) is 2. The largest absolute Gasteiger partial charge is 0.493 e. The Kier molecular flexibility index (Phi) is 7.27. The van der Waals surface area contributed by atoms with Crippen molar-refractivity contribution < 1.29 is 22.7 Å². The molecule has 0 heterocycles. The number of rotatable bonds is 8. The zero-order valence-electron chi connectivity index (χ0n) is 17.8. The molecular weight excluding hydrogens is 452 g/mol. The van der Waals surface area contributed by atoms with Gasteiger partial charge in [-0.3, -0.25) is 9.10 Å². The summed E-state index contributed by atoms with van der Waals surface area (Å²) in [5.41, 5.74) is 1.42. The fourth-order valence-electron chi connectivity index (χ4n) is 3.12. The Hall–Kier alpha value is -3.23. The van der Waals surface area contributed by atoms with Crippen LogP contribution >= 0.6 is 11.6 Å². The molecule has 9 heteroatoms. The molecule has 0 saturated carbocycles. The summed E-state index contributed by atoms with van der Waals surface area (Å²) >= 11 is 6.14. The predicted molar refractivity (Wildman–Crippen MR) is 125 cm³/mol. The van der Waals surface area contributed by atoms with Gasteiger partial charge < -0.3 is 14.8 Å². The summed E-state index contributed by atoms with van der Waals surface area (Å²) in [4.78, 5) is 13.0. The summed E-state index contributed by atoms with van der Waals surface area (Å²) in [6.45, 7) is 1.30. The zero-order chi connectivity index (χ0) is 23.3. The van der Waals surface area contributed by atoms with Crippen molar-refractivity contribution in [2.45, 2.75) is 11.8 Å². The van der Waals surface area contributed by atoms with Crippen molar-refractivity contribution in [3.63, 3.8) is 0 Å². The first-order chi connectivity index (χ1) is 15.3. The standard InChI is InChI=1S/C23H23ClN2O5S/c1-16-9-10-17(24)13-20(16)26(32(28,29)19-7-5-4-6-8-19)15-23(27)25-18-11-12-21(30-2)22(14-18)31-3/h4-14H,15H2,1-3H3,(H,25,27). The van der Waals surface area contributed by atoms with E-state index in [0.717, 1.165) is 4.31 Å². The van der Waals surface area contributed by atoms with E-state index in [9.17, 15) is 13.2 Å². The molecule has 0 saturated heterocycles. The Bertz CT molecular complexity index is 1220. The van der Waals surface area contributed by atoms with Crippen LogP contribution in [-0.4, -0.2) is 35.1 Å². The number of halogens is 1. The van der Waals surface area contributed by atoms with E-state index in [2.05, 4.69) is 5.32 Å². The predicted octanol–water partition coefficient (Wildman–Crippen LogP) is 4.50. The van der Waals surface area contributed by atoms with Gasteiger partial charge in [0.1, 0.15) is 6.54 Å². The van der Waals surface area contributed by atoms with Gasteiger partial charge in [-0.15, -0.1) is 0 Å². The molecule has 168 valence electrons. The maximum atomic E-state index is 13.4. The SMILES string of the molecule is COc1ccc(NC(=O)CN(c2cc(Cl)ccc2C)S(=O)(=O)c2ccccc2)cc1OC. The third-order valence-corrected chi connectivity index (χ3v) is 6.73. The summed E-state index contributed by atoms with van der Waals surface area (Å²) in [5.74, 6) is 0.411. The molecule has 32 heavy (non-hydrogen) atoms. The first kappa shape index (κ1) is 23.4. The molecule has 1 N–H and O–H groups in total. The number of amides is 1. The van der Waals surface area contributed by atoms with Crippen LogP contribution in [0.15, 0.2) is 71.6 Å². The molecule has 0 radical (unpaired) electrons. The van der Waals surface area contributed by atoms with Crippen LogP contribution in [0.25, 0.3) is 0 Å². The Morgan fingerprint density at radius 1 is 0.969 bits per heavy atom. The number of hydrogen-bond donors (Lipinski definition) is 1. The quantitative estimate of drug-likeness (QED) is 0.519. The van der Waals surface area contributed by atoms with Crippen molar-refractivity contribution in [2.24, 2.45) is 0 Å². The van der Waals surface area contributed by atoms with Gasteiger partial charge in [0, 0.05) is 16.8 Å². The van der Waals surface area contributed by atoms with Crippen LogP contribution in [0.4, 0.5) is 11.4 Å². The molecule has 0 aliphatic rings. The topological polar surface area (TPSA) is 84.9 Å². The van der Waals surface area contributed by atoms with Crippen molar-refractivity contribution in [3.8, 4) is 11.5 Å².